The van der Waals surface area contributed by atoms with E-state index >= 15 is 0 Å². The minimum atomic E-state index is -3.56. The first-order chi connectivity index (χ1) is 16.0. The van der Waals surface area contributed by atoms with E-state index in [1.165, 1.54) is 32.1 Å². The van der Waals surface area contributed by atoms with Crippen LogP contribution in [-0.2, 0) is 9.84 Å². The summed E-state index contributed by atoms with van der Waals surface area (Å²) in [6.45, 7) is 7.02. The predicted octanol–water partition coefficient (Wildman–Crippen LogP) is 5.32. The SMILES string of the molecule is C=CCN(c1ccc(S(=O)(=O)c2ccc(OC)cc2)cc1)C1CCN(C2CCCCC2)CC1. The van der Waals surface area contributed by atoms with Crippen molar-refractivity contribution in [3.8, 4) is 5.75 Å². The molecular formula is C27H36N2O3S. The van der Waals surface area contributed by atoms with Crippen LogP contribution >= 0.6 is 0 Å². The molecule has 0 bridgehead atoms. The van der Waals surface area contributed by atoms with Crippen LogP contribution in [-0.4, -0.2) is 52.1 Å². The molecule has 1 aliphatic heterocycles. The molecule has 0 spiro atoms. The Morgan fingerprint density at radius 1 is 0.939 bits per heavy atom. The zero-order chi connectivity index (χ0) is 23.3. The van der Waals surface area contributed by atoms with Gasteiger partial charge in [0, 0.05) is 37.4 Å². The van der Waals surface area contributed by atoms with Crippen molar-refractivity contribution in [1.82, 2.24) is 4.90 Å². The number of rotatable bonds is 8. The Morgan fingerprint density at radius 3 is 2.06 bits per heavy atom. The van der Waals surface area contributed by atoms with Gasteiger partial charge in [0.1, 0.15) is 5.75 Å². The Balaban J connectivity index is 1.45. The van der Waals surface area contributed by atoms with Gasteiger partial charge in [0.25, 0.3) is 0 Å². The molecule has 1 saturated heterocycles. The summed E-state index contributed by atoms with van der Waals surface area (Å²) >= 11 is 0. The smallest absolute Gasteiger partial charge is 0.206 e. The van der Waals surface area contributed by atoms with Gasteiger partial charge in [0.15, 0.2) is 0 Å². The van der Waals surface area contributed by atoms with Crippen molar-refractivity contribution in [2.24, 2.45) is 0 Å². The first-order valence-corrected chi connectivity index (χ1v) is 13.6. The maximum atomic E-state index is 13.1. The van der Waals surface area contributed by atoms with Gasteiger partial charge >= 0.3 is 0 Å². The number of methoxy groups -OCH3 is 1. The largest absolute Gasteiger partial charge is 0.497 e. The third kappa shape index (κ3) is 5.44. The van der Waals surface area contributed by atoms with Crippen molar-refractivity contribution in [1.29, 1.82) is 0 Å². The quantitative estimate of drug-likeness (QED) is 0.491. The molecule has 0 unspecified atom stereocenters. The number of nitrogens with zero attached hydrogens (tertiary/aromatic N) is 2. The van der Waals surface area contributed by atoms with E-state index in [9.17, 15) is 8.42 Å². The lowest BCUT2D eigenvalue weighted by Gasteiger charge is -2.43. The van der Waals surface area contributed by atoms with Gasteiger partial charge in [-0.3, -0.25) is 0 Å². The summed E-state index contributed by atoms with van der Waals surface area (Å²) in [5.41, 5.74) is 1.06. The second kappa shape index (κ2) is 10.7. The Labute approximate surface area is 199 Å². The molecule has 0 radical (unpaired) electrons. The molecule has 0 atom stereocenters. The van der Waals surface area contributed by atoms with Gasteiger partial charge in [-0.05, 0) is 74.2 Å². The van der Waals surface area contributed by atoms with Crippen LogP contribution in [0.5, 0.6) is 5.75 Å². The molecule has 2 fully saturated rings. The number of piperidine rings is 1. The maximum Gasteiger partial charge on any atom is 0.206 e. The highest BCUT2D eigenvalue weighted by molar-refractivity contribution is 7.91. The summed E-state index contributed by atoms with van der Waals surface area (Å²) in [5.74, 6) is 0.638. The van der Waals surface area contributed by atoms with Crippen molar-refractivity contribution >= 4 is 15.5 Å². The van der Waals surface area contributed by atoms with Crippen LogP contribution in [0.2, 0.25) is 0 Å². The first kappa shape index (κ1) is 23.8. The predicted molar refractivity (Wildman–Crippen MR) is 134 cm³/mol. The molecule has 1 aliphatic carbocycles. The number of anilines is 1. The molecule has 2 aromatic rings. The van der Waals surface area contributed by atoms with Gasteiger partial charge in [-0.1, -0.05) is 25.3 Å². The summed E-state index contributed by atoms with van der Waals surface area (Å²) in [6, 6.07) is 15.1. The number of hydrogen-bond donors (Lipinski definition) is 0. The highest BCUT2D eigenvalue weighted by Gasteiger charge is 2.29. The van der Waals surface area contributed by atoms with E-state index < -0.39 is 9.84 Å². The molecule has 33 heavy (non-hydrogen) atoms. The third-order valence-electron chi connectivity index (χ3n) is 7.21. The van der Waals surface area contributed by atoms with Crippen LogP contribution in [0.15, 0.2) is 71.0 Å². The van der Waals surface area contributed by atoms with Gasteiger partial charge < -0.3 is 14.5 Å². The van der Waals surface area contributed by atoms with Crippen LogP contribution in [0, 0.1) is 0 Å². The van der Waals surface area contributed by atoms with E-state index in [4.69, 9.17) is 4.74 Å². The second-order valence-electron chi connectivity index (χ2n) is 9.17. The van der Waals surface area contributed by atoms with Crippen molar-refractivity contribution in [2.75, 3.05) is 31.6 Å². The standard InChI is InChI=1S/C27H36N2O3S/c1-3-19-29(24-17-20-28(21-18-24)22-7-5-4-6-8-22)23-9-13-26(14-10-23)33(30,31)27-15-11-25(32-2)12-16-27/h3,9-16,22,24H,1,4-8,17-21H2,2H3. The number of hydrogen-bond acceptors (Lipinski definition) is 5. The summed E-state index contributed by atoms with van der Waals surface area (Å²) in [4.78, 5) is 5.66. The average molecular weight is 469 g/mol. The first-order valence-electron chi connectivity index (χ1n) is 12.1. The molecule has 178 valence electrons. The van der Waals surface area contributed by atoms with Crippen molar-refractivity contribution in [2.45, 2.75) is 66.8 Å². The molecule has 0 N–H and O–H groups in total. The highest BCUT2D eigenvalue weighted by Crippen LogP contribution is 2.30. The van der Waals surface area contributed by atoms with Gasteiger partial charge in [-0.15, -0.1) is 6.58 Å². The highest BCUT2D eigenvalue weighted by atomic mass is 32.2. The normalized spacial score (nSPS) is 18.7. The molecule has 5 nitrogen and oxygen atoms in total. The van der Waals surface area contributed by atoms with Gasteiger partial charge in [0.2, 0.25) is 9.84 Å². The molecule has 6 heteroatoms. The number of benzene rings is 2. The van der Waals surface area contributed by atoms with Crippen LogP contribution in [0.3, 0.4) is 0 Å². The Morgan fingerprint density at radius 2 is 1.52 bits per heavy atom. The summed E-state index contributed by atoms with van der Waals surface area (Å²) < 4.78 is 31.2. The Bertz CT molecular complexity index is 1000. The summed E-state index contributed by atoms with van der Waals surface area (Å²) in [7, 11) is -2.00. The van der Waals surface area contributed by atoms with E-state index in [2.05, 4.69) is 16.4 Å². The molecule has 2 aliphatic rings. The van der Waals surface area contributed by atoms with Gasteiger partial charge in [-0.2, -0.15) is 0 Å². The number of likely N-dealkylation sites (tertiary alicyclic amines) is 1. The van der Waals surface area contributed by atoms with Gasteiger partial charge in [-0.25, -0.2) is 8.42 Å². The molecule has 2 aromatic carbocycles. The fourth-order valence-corrected chi connectivity index (χ4v) is 6.58. The van der Waals surface area contributed by atoms with Crippen molar-refractivity contribution in [3.05, 3.63) is 61.2 Å². The number of sulfone groups is 1. The maximum absolute atomic E-state index is 13.1. The molecular weight excluding hydrogens is 432 g/mol. The van der Waals surface area contributed by atoms with Crippen LogP contribution in [0.1, 0.15) is 44.9 Å². The Hall–Kier alpha value is -2.31. The molecule has 0 amide bonds. The third-order valence-corrected chi connectivity index (χ3v) is 8.99. The molecule has 1 saturated carbocycles. The minimum Gasteiger partial charge on any atom is -0.497 e. The summed E-state index contributed by atoms with van der Waals surface area (Å²) in [6.07, 6.45) is 11.1. The van der Waals surface area contributed by atoms with E-state index in [0.717, 1.165) is 44.2 Å². The van der Waals surface area contributed by atoms with E-state index in [1.54, 1.807) is 43.5 Å². The monoisotopic (exact) mass is 468 g/mol. The van der Waals surface area contributed by atoms with Crippen molar-refractivity contribution in [3.63, 3.8) is 0 Å². The lowest BCUT2D eigenvalue weighted by atomic mass is 9.91. The fourth-order valence-electron chi connectivity index (χ4n) is 5.32. The molecule has 0 aromatic heterocycles. The second-order valence-corrected chi connectivity index (χ2v) is 11.1. The zero-order valence-electron chi connectivity index (χ0n) is 19.7. The van der Waals surface area contributed by atoms with E-state index in [0.29, 0.717) is 16.7 Å². The fraction of sp³-hybridized carbons (Fsp3) is 0.481. The van der Waals surface area contributed by atoms with Crippen LogP contribution < -0.4 is 9.64 Å². The topological polar surface area (TPSA) is 49.9 Å². The van der Waals surface area contributed by atoms with Crippen molar-refractivity contribution < 1.29 is 13.2 Å². The van der Waals surface area contributed by atoms with E-state index in [-0.39, 0.29) is 4.90 Å². The summed E-state index contributed by atoms with van der Waals surface area (Å²) in [5, 5.41) is 0. The minimum absolute atomic E-state index is 0.272. The number of ether oxygens (including phenoxy) is 1. The van der Waals surface area contributed by atoms with Gasteiger partial charge in [0.05, 0.1) is 16.9 Å². The Kier molecular flexibility index (Phi) is 7.76. The van der Waals surface area contributed by atoms with Crippen LogP contribution in [0.25, 0.3) is 0 Å². The molecule has 4 rings (SSSR count). The zero-order valence-corrected chi connectivity index (χ0v) is 20.5. The lowest BCUT2D eigenvalue weighted by molar-refractivity contribution is 0.121. The van der Waals surface area contributed by atoms with E-state index in [1.807, 2.05) is 18.2 Å². The molecule has 1 heterocycles. The lowest BCUT2D eigenvalue weighted by Crippen LogP contribution is -2.48. The average Bonchev–Trinajstić information content (AvgIpc) is 2.88. The van der Waals surface area contributed by atoms with Crippen LogP contribution in [0.4, 0.5) is 5.69 Å².